The van der Waals surface area contributed by atoms with Gasteiger partial charge in [0.05, 0.1) is 0 Å². The Hall–Kier alpha value is -10.3. The molecule has 9 aliphatic rings. The molecule has 0 atom stereocenters. The minimum Gasteiger partial charge on any atom is -0.458 e. The lowest BCUT2D eigenvalue weighted by atomic mass is 9.29. The maximum Gasteiger partial charge on any atom is 0.256 e. The third-order valence-electron chi connectivity index (χ3n) is 20.7. The highest BCUT2D eigenvalue weighted by molar-refractivity contribution is 7.05. The minimum atomic E-state index is -0.389. The molecule has 12 aromatic carbocycles. The van der Waals surface area contributed by atoms with E-state index in [9.17, 15) is 0 Å². The van der Waals surface area contributed by atoms with E-state index in [-0.39, 0.29) is 32.3 Å². The molecule has 0 aromatic heterocycles. The van der Waals surface area contributed by atoms with Gasteiger partial charge in [-0.15, -0.1) is 0 Å². The Labute approximate surface area is 494 Å². The number of rotatable bonds is 2. The highest BCUT2D eigenvalue weighted by Gasteiger charge is 2.55. The van der Waals surface area contributed by atoms with Crippen molar-refractivity contribution in [1.82, 2.24) is 0 Å². The smallest absolute Gasteiger partial charge is 0.256 e. The molecule has 0 spiro atoms. The summed E-state index contributed by atoms with van der Waals surface area (Å²) in [5.74, 6) is 3.67. The molecule has 1 aliphatic carbocycles. The van der Waals surface area contributed by atoms with Crippen molar-refractivity contribution in [2.75, 3.05) is 19.6 Å². The van der Waals surface area contributed by atoms with E-state index in [0.717, 1.165) is 45.7 Å². The molecule has 10 heteroatoms. The first-order chi connectivity index (χ1) is 42.0. The maximum absolute atomic E-state index is 7.19. The van der Waals surface area contributed by atoms with Crippen molar-refractivity contribution in [3.8, 4) is 34.1 Å². The monoisotopic (exact) mass is 1080 g/mol. The molecule has 0 saturated heterocycles. The first-order valence-corrected chi connectivity index (χ1v) is 30.0. The lowest BCUT2D eigenvalue weighted by molar-refractivity contribution is 0.487. The number of para-hydroxylation sites is 8. The number of hydrogen-bond acceptors (Lipinski definition) is 6. The molecule has 0 radical (unpaired) electrons. The zero-order valence-corrected chi connectivity index (χ0v) is 46.5. The number of ether oxygens (including phenoxy) is 2. The molecule has 390 valence electrons. The summed E-state index contributed by atoms with van der Waals surface area (Å²) in [6, 6.07) is 91.3. The van der Waals surface area contributed by atoms with E-state index in [1.165, 1.54) is 133 Å². The van der Waals surface area contributed by atoms with Crippen LogP contribution < -0.4 is 94.6 Å². The maximum atomic E-state index is 7.19. The molecule has 0 amide bonds. The number of nitrogens with zero attached hydrogens (tertiary/aromatic N) is 4. The van der Waals surface area contributed by atoms with Gasteiger partial charge in [0.2, 0.25) is 0 Å². The van der Waals surface area contributed by atoms with Gasteiger partial charge in [-0.2, -0.15) is 0 Å². The van der Waals surface area contributed by atoms with Crippen LogP contribution in [0.2, 0.25) is 0 Å². The van der Waals surface area contributed by atoms with Gasteiger partial charge in [-0.05, 0) is 161 Å². The Balaban J connectivity index is 0.842. The van der Waals surface area contributed by atoms with Gasteiger partial charge in [0.1, 0.15) is 23.0 Å². The molecule has 0 bridgehead atoms. The molecular formula is C75H46B4N4O2. The molecular weight excluding hydrogens is 1030 g/mol. The van der Waals surface area contributed by atoms with Crippen LogP contribution in [0.5, 0.6) is 23.0 Å². The summed E-state index contributed by atoms with van der Waals surface area (Å²) in [7, 11) is 0. The van der Waals surface area contributed by atoms with E-state index < -0.39 is 0 Å². The lowest BCUT2D eigenvalue weighted by Crippen LogP contribution is -2.68. The molecule has 8 aliphatic heterocycles. The second kappa shape index (κ2) is 15.7. The zero-order valence-electron chi connectivity index (χ0n) is 46.5. The van der Waals surface area contributed by atoms with Gasteiger partial charge in [0, 0.05) is 85.8 Å². The van der Waals surface area contributed by atoms with Gasteiger partial charge in [0.25, 0.3) is 26.9 Å². The van der Waals surface area contributed by atoms with Crippen LogP contribution >= 0.6 is 0 Å². The minimum absolute atomic E-state index is 0.00522. The first-order valence-electron chi connectivity index (χ1n) is 30.0. The Morgan fingerprint density at radius 1 is 0.271 bits per heavy atom. The van der Waals surface area contributed by atoms with Gasteiger partial charge in [-0.3, -0.25) is 0 Å². The summed E-state index contributed by atoms with van der Waals surface area (Å²) in [6.45, 7) is 4.77. The van der Waals surface area contributed by atoms with E-state index in [4.69, 9.17) is 9.47 Å². The standard InChI is InChI=1S/C75H46B4N4O2/c1-75(2)47-39-61-55(78-51-27-11-17-33-59(51)82-57-31-15-9-25-49(57)76-53-29-13-19-35-65(53)84-67-41-63(69(78)73(82)71(67)76)80(61)43-21-5-3-6-22-43)37-45(47)46-38-56-62(40-48(46)75)81(44-23-7-4-8-24-44)64-42-68-72-74-70(64)79(56)52-28-12-18-34-60(52)83(74)58-32-16-10-26-50(58)77(72)54-30-14-20-36-66(54)85-68/h3-42H,1-2H3. The Morgan fingerprint density at radius 2 is 0.600 bits per heavy atom. The fraction of sp³-hybridized carbons (Fsp3) is 0.0400. The summed E-state index contributed by atoms with van der Waals surface area (Å²) in [6.07, 6.45) is 0. The third kappa shape index (κ3) is 5.45. The first kappa shape index (κ1) is 45.2. The third-order valence-corrected chi connectivity index (χ3v) is 20.7. The van der Waals surface area contributed by atoms with Crippen molar-refractivity contribution in [1.29, 1.82) is 0 Å². The van der Waals surface area contributed by atoms with Crippen LogP contribution in [0.25, 0.3) is 11.1 Å². The molecule has 85 heavy (non-hydrogen) atoms. The molecule has 0 fully saturated rings. The summed E-state index contributed by atoms with van der Waals surface area (Å²) in [5.41, 5.74) is 34.5. The lowest BCUT2D eigenvalue weighted by Gasteiger charge is -2.49. The van der Waals surface area contributed by atoms with Crippen LogP contribution in [0.1, 0.15) is 25.0 Å². The van der Waals surface area contributed by atoms with Gasteiger partial charge in [-0.1, -0.05) is 172 Å². The van der Waals surface area contributed by atoms with E-state index in [2.05, 4.69) is 276 Å². The van der Waals surface area contributed by atoms with Crippen LogP contribution in [0.3, 0.4) is 0 Å². The Kier molecular flexibility index (Phi) is 8.34. The predicted molar refractivity (Wildman–Crippen MR) is 354 cm³/mol. The number of anilines is 12. The van der Waals surface area contributed by atoms with Crippen molar-refractivity contribution in [3.63, 3.8) is 0 Å². The summed E-state index contributed by atoms with van der Waals surface area (Å²) < 4.78 is 14.4. The summed E-state index contributed by atoms with van der Waals surface area (Å²) in [5, 5.41) is 0. The summed E-state index contributed by atoms with van der Waals surface area (Å²) in [4.78, 5) is 10.3. The quantitative estimate of drug-likeness (QED) is 0.161. The SMILES string of the molecule is CC1(C)c2cc3c(cc2-c2cc4c(cc21)N(c1ccccc1)c1cc2c5c6c1B4c1ccccc1N6c1ccccc1B5c1ccccc1O2)B1c2ccccc2N2c4ccccc4B4c5ccccc5Oc5cc(c1c2c54)N3c1ccccc1. The van der Waals surface area contributed by atoms with Crippen LogP contribution in [0.15, 0.2) is 243 Å². The number of benzene rings is 12. The molecule has 8 heterocycles. The van der Waals surface area contributed by atoms with Crippen LogP contribution in [-0.2, 0) is 5.41 Å². The molecule has 0 saturated carbocycles. The van der Waals surface area contributed by atoms with E-state index in [1.807, 2.05) is 0 Å². The second-order valence-corrected chi connectivity index (χ2v) is 24.9. The summed E-state index contributed by atoms with van der Waals surface area (Å²) >= 11 is 0. The Morgan fingerprint density at radius 3 is 0.988 bits per heavy atom. The number of fused-ring (bicyclic) bond motifs is 23. The Bertz CT molecular complexity index is 4770. The van der Waals surface area contributed by atoms with Crippen molar-refractivity contribution in [3.05, 3.63) is 254 Å². The number of hydrogen-bond donors (Lipinski definition) is 0. The molecule has 12 aromatic rings. The molecule has 0 N–H and O–H groups in total. The van der Waals surface area contributed by atoms with Crippen molar-refractivity contribution in [2.45, 2.75) is 19.3 Å². The highest BCUT2D eigenvalue weighted by atomic mass is 16.5. The molecule has 0 unspecified atom stereocenters. The van der Waals surface area contributed by atoms with E-state index in [1.54, 1.807) is 0 Å². The molecule has 21 rings (SSSR count). The average molecular weight is 1080 g/mol. The zero-order chi connectivity index (χ0) is 55.3. The van der Waals surface area contributed by atoms with Crippen molar-refractivity contribution >= 4 is 161 Å². The van der Waals surface area contributed by atoms with Gasteiger partial charge < -0.3 is 29.1 Å². The highest BCUT2D eigenvalue weighted by Crippen LogP contribution is 2.56. The molecule has 6 nitrogen and oxygen atoms in total. The van der Waals surface area contributed by atoms with Crippen LogP contribution in [0.4, 0.5) is 68.2 Å². The normalized spacial score (nSPS) is 15.5. The van der Waals surface area contributed by atoms with Crippen molar-refractivity contribution < 1.29 is 9.47 Å². The topological polar surface area (TPSA) is 31.4 Å². The predicted octanol–water partition coefficient (Wildman–Crippen LogP) is 10.0. The largest absolute Gasteiger partial charge is 0.458 e. The van der Waals surface area contributed by atoms with E-state index in [0.29, 0.717) is 0 Å². The van der Waals surface area contributed by atoms with Crippen LogP contribution in [0, 0.1) is 0 Å². The second-order valence-electron chi connectivity index (χ2n) is 24.9. The average Bonchev–Trinajstić information content (AvgIpc) is 3.52. The van der Waals surface area contributed by atoms with Gasteiger partial charge >= 0.3 is 0 Å². The fourth-order valence-electron chi connectivity index (χ4n) is 17.4. The van der Waals surface area contributed by atoms with E-state index >= 15 is 0 Å². The van der Waals surface area contributed by atoms with Crippen LogP contribution in [-0.4, -0.2) is 26.9 Å². The fourth-order valence-corrected chi connectivity index (χ4v) is 17.4. The van der Waals surface area contributed by atoms with Gasteiger partial charge in [-0.25, -0.2) is 0 Å². The van der Waals surface area contributed by atoms with Crippen molar-refractivity contribution in [2.24, 2.45) is 0 Å². The van der Waals surface area contributed by atoms with Gasteiger partial charge in [0.15, 0.2) is 0 Å².